The van der Waals surface area contributed by atoms with Crippen LogP contribution in [-0.2, 0) is 7.05 Å². The van der Waals surface area contributed by atoms with E-state index in [0.29, 0.717) is 22.8 Å². The van der Waals surface area contributed by atoms with Gasteiger partial charge in [-0.1, -0.05) is 0 Å². The molecule has 112 valence electrons. The van der Waals surface area contributed by atoms with Crippen molar-refractivity contribution in [1.29, 1.82) is 0 Å². The van der Waals surface area contributed by atoms with Crippen LogP contribution in [0.4, 0.5) is 10.2 Å². The van der Waals surface area contributed by atoms with Crippen LogP contribution in [0.25, 0.3) is 5.69 Å². The van der Waals surface area contributed by atoms with Gasteiger partial charge in [0.2, 0.25) is 0 Å². The van der Waals surface area contributed by atoms with E-state index in [0.717, 1.165) is 0 Å². The van der Waals surface area contributed by atoms with Crippen LogP contribution in [0.15, 0.2) is 42.7 Å². The molecule has 0 bridgehead atoms. The number of aromatic nitrogens is 4. The summed E-state index contributed by atoms with van der Waals surface area (Å²) in [5.41, 5.74) is 1.82. The molecule has 22 heavy (non-hydrogen) atoms. The number of carbonyl (C=O) groups is 1. The van der Waals surface area contributed by atoms with E-state index in [1.807, 2.05) is 0 Å². The molecule has 7 heteroatoms. The molecule has 6 nitrogen and oxygen atoms in total. The van der Waals surface area contributed by atoms with Gasteiger partial charge in [-0.15, -0.1) is 0 Å². The molecule has 0 saturated carbocycles. The maximum Gasteiger partial charge on any atom is 0.260 e. The van der Waals surface area contributed by atoms with E-state index < -0.39 is 0 Å². The molecule has 0 atom stereocenters. The third-order valence-corrected chi connectivity index (χ3v) is 3.39. The third kappa shape index (κ3) is 2.48. The Bertz CT molecular complexity index is 819. The molecule has 2 heterocycles. The summed E-state index contributed by atoms with van der Waals surface area (Å²) in [5, 5.41) is 11.0. The Balaban J connectivity index is 1.88. The lowest BCUT2D eigenvalue weighted by atomic mass is 10.2. The number of aryl methyl sites for hydroxylation is 1. The molecule has 0 unspecified atom stereocenters. The zero-order valence-electron chi connectivity index (χ0n) is 12.1. The number of rotatable bonds is 3. The second kappa shape index (κ2) is 5.44. The van der Waals surface area contributed by atoms with Crippen LogP contribution >= 0.6 is 0 Å². The Morgan fingerprint density at radius 2 is 1.91 bits per heavy atom. The minimum absolute atomic E-state index is 0.269. The minimum atomic E-state index is -0.317. The van der Waals surface area contributed by atoms with Crippen molar-refractivity contribution in [3.8, 4) is 5.69 Å². The fourth-order valence-electron chi connectivity index (χ4n) is 2.16. The Hall–Kier alpha value is -2.96. The molecule has 1 N–H and O–H groups in total. The third-order valence-electron chi connectivity index (χ3n) is 3.39. The first-order valence-electron chi connectivity index (χ1n) is 6.66. The highest BCUT2D eigenvalue weighted by Gasteiger charge is 2.16. The van der Waals surface area contributed by atoms with Gasteiger partial charge in [0.1, 0.15) is 11.6 Å². The number of carbonyl (C=O) groups excluding carboxylic acids is 1. The largest absolute Gasteiger partial charge is 0.307 e. The van der Waals surface area contributed by atoms with Gasteiger partial charge < -0.3 is 5.32 Å². The monoisotopic (exact) mass is 299 g/mol. The van der Waals surface area contributed by atoms with E-state index in [4.69, 9.17) is 0 Å². The van der Waals surface area contributed by atoms with E-state index >= 15 is 0 Å². The Labute approximate surface area is 126 Å². The van der Waals surface area contributed by atoms with Gasteiger partial charge >= 0.3 is 0 Å². The van der Waals surface area contributed by atoms with Gasteiger partial charge in [0.25, 0.3) is 5.91 Å². The molecule has 0 aliphatic heterocycles. The van der Waals surface area contributed by atoms with Crippen molar-refractivity contribution in [1.82, 2.24) is 19.6 Å². The van der Waals surface area contributed by atoms with Crippen molar-refractivity contribution < 1.29 is 9.18 Å². The fourth-order valence-corrected chi connectivity index (χ4v) is 2.16. The van der Waals surface area contributed by atoms with Crippen LogP contribution < -0.4 is 5.32 Å². The SMILES string of the molecule is Cc1c(C(=O)Nc2ccnn2C)cnn1-c1ccc(F)cc1. The average Bonchev–Trinajstić information content (AvgIpc) is 3.07. The number of amides is 1. The van der Waals surface area contributed by atoms with Crippen molar-refractivity contribution in [2.24, 2.45) is 7.05 Å². The molecule has 2 aromatic heterocycles. The summed E-state index contributed by atoms with van der Waals surface area (Å²) in [6, 6.07) is 7.63. The molecule has 0 radical (unpaired) electrons. The molecule has 0 spiro atoms. The second-order valence-electron chi connectivity index (χ2n) is 4.83. The van der Waals surface area contributed by atoms with Gasteiger partial charge in [0.05, 0.1) is 29.3 Å². The predicted molar refractivity (Wildman–Crippen MR) is 79.4 cm³/mol. The van der Waals surface area contributed by atoms with Crippen molar-refractivity contribution >= 4 is 11.7 Å². The van der Waals surface area contributed by atoms with Crippen LogP contribution in [0.2, 0.25) is 0 Å². The number of halogens is 1. The Morgan fingerprint density at radius 1 is 1.18 bits per heavy atom. The molecule has 3 aromatic rings. The lowest BCUT2D eigenvalue weighted by Gasteiger charge is -2.06. The summed E-state index contributed by atoms with van der Waals surface area (Å²) < 4.78 is 16.1. The molecule has 3 rings (SSSR count). The van der Waals surface area contributed by atoms with Crippen molar-refractivity contribution in [2.75, 3.05) is 5.32 Å². The van der Waals surface area contributed by atoms with Crippen LogP contribution in [0, 0.1) is 12.7 Å². The van der Waals surface area contributed by atoms with Crippen LogP contribution in [0.3, 0.4) is 0 Å². The smallest absolute Gasteiger partial charge is 0.260 e. The summed E-state index contributed by atoms with van der Waals surface area (Å²) in [6.45, 7) is 1.79. The summed E-state index contributed by atoms with van der Waals surface area (Å²) in [5.74, 6) is 0.0103. The van der Waals surface area contributed by atoms with Crippen LogP contribution in [0.1, 0.15) is 16.1 Å². The summed E-state index contributed by atoms with van der Waals surface area (Å²) >= 11 is 0. The second-order valence-corrected chi connectivity index (χ2v) is 4.83. The van der Waals surface area contributed by atoms with Gasteiger partial charge in [-0.05, 0) is 31.2 Å². The number of nitrogens with zero attached hydrogens (tertiary/aromatic N) is 4. The highest BCUT2D eigenvalue weighted by Crippen LogP contribution is 2.16. The zero-order chi connectivity index (χ0) is 15.7. The van der Waals surface area contributed by atoms with Gasteiger partial charge in [-0.3, -0.25) is 9.48 Å². The average molecular weight is 299 g/mol. The zero-order valence-corrected chi connectivity index (χ0v) is 12.1. The van der Waals surface area contributed by atoms with Gasteiger partial charge in [0.15, 0.2) is 0 Å². The maximum absolute atomic E-state index is 13.0. The Kier molecular flexibility index (Phi) is 3.46. The molecule has 1 amide bonds. The first-order chi connectivity index (χ1) is 10.6. The lowest BCUT2D eigenvalue weighted by Crippen LogP contribution is -2.15. The first kappa shape index (κ1) is 14.0. The van der Waals surface area contributed by atoms with Gasteiger partial charge in [0, 0.05) is 13.1 Å². The standard InChI is InChI=1S/C15H14FN5O/c1-10-13(15(22)19-14-7-8-17-20(14)2)9-18-21(10)12-5-3-11(16)4-6-12/h3-9H,1-2H3,(H,19,22). The number of hydrogen-bond donors (Lipinski definition) is 1. The number of anilines is 1. The van der Waals surface area contributed by atoms with Crippen LogP contribution in [-0.4, -0.2) is 25.5 Å². The summed E-state index contributed by atoms with van der Waals surface area (Å²) in [7, 11) is 1.74. The number of hydrogen-bond acceptors (Lipinski definition) is 3. The van der Waals surface area contributed by atoms with E-state index in [9.17, 15) is 9.18 Å². The normalized spacial score (nSPS) is 10.7. The van der Waals surface area contributed by atoms with Crippen LogP contribution in [0.5, 0.6) is 0 Å². The molecule has 0 saturated heterocycles. The quantitative estimate of drug-likeness (QED) is 0.807. The fraction of sp³-hybridized carbons (Fsp3) is 0.133. The summed E-state index contributed by atoms with van der Waals surface area (Å²) in [6.07, 6.45) is 3.09. The number of nitrogens with one attached hydrogen (secondary N) is 1. The summed E-state index contributed by atoms with van der Waals surface area (Å²) in [4.78, 5) is 12.3. The van der Waals surface area contributed by atoms with E-state index in [1.165, 1.54) is 18.3 Å². The van der Waals surface area contributed by atoms with E-state index in [2.05, 4.69) is 15.5 Å². The van der Waals surface area contributed by atoms with Gasteiger partial charge in [-0.2, -0.15) is 10.2 Å². The molecular formula is C15H14FN5O. The molecule has 0 aliphatic rings. The lowest BCUT2D eigenvalue weighted by molar-refractivity contribution is 0.102. The molecule has 0 fully saturated rings. The topological polar surface area (TPSA) is 64.7 Å². The first-order valence-corrected chi connectivity index (χ1v) is 6.66. The Morgan fingerprint density at radius 3 is 2.55 bits per heavy atom. The van der Waals surface area contributed by atoms with Gasteiger partial charge in [-0.25, -0.2) is 9.07 Å². The minimum Gasteiger partial charge on any atom is -0.307 e. The van der Waals surface area contributed by atoms with E-state index in [-0.39, 0.29) is 11.7 Å². The highest BCUT2D eigenvalue weighted by molar-refractivity contribution is 6.04. The van der Waals surface area contributed by atoms with Crippen molar-refractivity contribution in [2.45, 2.75) is 6.92 Å². The maximum atomic E-state index is 13.0. The van der Waals surface area contributed by atoms with E-state index in [1.54, 1.807) is 47.7 Å². The molecular weight excluding hydrogens is 285 g/mol. The molecule has 0 aliphatic carbocycles. The predicted octanol–water partition coefficient (Wildman–Crippen LogP) is 2.31. The molecule has 1 aromatic carbocycles. The number of benzene rings is 1. The highest BCUT2D eigenvalue weighted by atomic mass is 19.1. The van der Waals surface area contributed by atoms with Crippen molar-refractivity contribution in [3.05, 3.63) is 59.8 Å². The van der Waals surface area contributed by atoms with Crippen molar-refractivity contribution in [3.63, 3.8) is 0 Å².